The van der Waals surface area contributed by atoms with Crippen LogP contribution < -0.4 is 4.74 Å². The van der Waals surface area contributed by atoms with Gasteiger partial charge in [0.1, 0.15) is 5.75 Å². The van der Waals surface area contributed by atoms with Crippen molar-refractivity contribution in [2.75, 3.05) is 7.11 Å². The monoisotopic (exact) mass is 350 g/mol. The second-order valence-corrected chi connectivity index (χ2v) is 5.38. The molecule has 1 aromatic heterocycles. The van der Waals surface area contributed by atoms with Gasteiger partial charge in [0.05, 0.1) is 29.4 Å². The molecular weight excluding hydrogens is 337 g/mol. The van der Waals surface area contributed by atoms with E-state index in [4.69, 9.17) is 4.74 Å². The molecule has 3 rings (SSSR count). The van der Waals surface area contributed by atoms with Crippen LogP contribution in [0.1, 0.15) is 21.7 Å². The molecule has 0 spiro atoms. The molecule has 0 saturated heterocycles. The summed E-state index contributed by atoms with van der Waals surface area (Å²) in [5.74, 6) is -1.96. The summed E-state index contributed by atoms with van der Waals surface area (Å²) in [6.45, 7) is 1.47. The van der Waals surface area contributed by atoms with Gasteiger partial charge in [0.25, 0.3) is 0 Å². The summed E-state index contributed by atoms with van der Waals surface area (Å²) in [6.07, 6.45) is -4.71. The Kier molecular flexibility index (Phi) is 3.90. The van der Waals surface area contributed by atoms with Gasteiger partial charge in [0.15, 0.2) is 0 Å². The van der Waals surface area contributed by atoms with E-state index in [1.165, 1.54) is 50.4 Å². The maximum atomic E-state index is 13.5. The van der Waals surface area contributed by atoms with Crippen LogP contribution in [-0.4, -0.2) is 27.7 Å². The van der Waals surface area contributed by atoms with Crippen molar-refractivity contribution in [2.45, 2.75) is 13.1 Å². The van der Waals surface area contributed by atoms with Crippen LogP contribution >= 0.6 is 0 Å². The molecule has 1 N–H and O–H groups in total. The van der Waals surface area contributed by atoms with Crippen molar-refractivity contribution in [3.05, 3.63) is 53.3 Å². The summed E-state index contributed by atoms with van der Waals surface area (Å²) >= 11 is 0. The molecule has 0 saturated carbocycles. The second-order valence-electron chi connectivity index (χ2n) is 5.38. The molecule has 2 aromatic carbocycles. The van der Waals surface area contributed by atoms with Crippen LogP contribution in [0.5, 0.6) is 5.75 Å². The number of fused-ring (bicyclic) bond motifs is 1. The number of rotatable bonds is 3. The first-order valence-corrected chi connectivity index (χ1v) is 7.21. The molecule has 0 fully saturated rings. The van der Waals surface area contributed by atoms with Crippen molar-refractivity contribution in [1.29, 1.82) is 0 Å². The highest BCUT2D eigenvalue weighted by molar-refractivity contribution is 5.91. The number of halogens is 3. The van der Waals surface area contributed by atoms with Gasteiger partial charge in [-0.25, -0.2) is 9.78 Å². The van der Waals surface area contributed by atoms with Crippen LogP contribution in [0, 0.1) is 6.92 Å². The highest BCUT2D eigenvalue weighted by Crippen LogP contribution is 2.36. The number of aromatic carboxylic acids is 1. The molecule has 0 bridgehead atoms. The maximum Gasteiger partial charge on any atom is 0.450 e. The van der Waals surface area contributed by atoms with Gasteiger partial charge in [-0.3, -0.25) is 4.57 Å². The number of ether oxygens (including phenoxy) is 1. The molecule has 0 amide bonds. The highest BCUT2D eigenvalue weighted by atomic mass is 19.4. The lowest BCUT2D eigenvalue weighted by atomic mass is 10.1. The summed E-state index contributed by atoms with van der Waals surface area (Å²) in [5.41, 5.74) is 0.571. The van der Waals surface area contributed by atoms with E-state index in [-0.39, 0.29) is 27.8 Å². The molecule has 5 nitrogen and oxygen atoms in total. The van der Waals surface area contributed by atoms with Crippen LogP contribution in [0.2, 0.25) is 0 Å². The van der Waals surface area contributed by atoms with Gasteiger partial charge in [-0.15, -0.1) is 0 Å². The van der Waals surface area contributed by atoms with Crippen molar-refractivity contribution in [3.63, 3.8) is 0 Å². The van der Waals surface area contributed by atoms with Crippen LogP contribution in [0.15, 0.2) is 36.4 Å². The van der Waals surface area contributed by atoms with Gasteiger partial charge in [0, 0.05) is 6.07 Å². The summed E-state index contributed by atoms with van der Waals surface area (Å²) < 4.78 is 46.5. The number of carboxylic acid groups (broad SMARTS) is 1. The Bertz CT molecular complexity index is 977. The van der Waals surface area contributed by atoms with Crippen LogP contribution in [0.25, 0.3) is 16.7 Å². The van der Waals surface area contributed by atoms with E-state index in [9.17, 15) is 23.1 Å². The van der Waals surface area contributed by atoms with Gasteiger partial charge in [-0.1, -0.05) is 6.07 Å². The molecule has 25 heavy (non-hydrogen) atoms. The van der Waals surface area contributed by atoms with Gasteiger partial charge < -0.3 is 9.84 Å². The van der Waals surface area contributed by atoms with Crippen molar-refractivity contribution < 1.29 is 27.8 Å². The summed E-state index contributed by atoms with van der Waals surface area (Å²) in [4.78, 5) is 15.0. The molecule has 0 unspecified atom stereocenters. The highest BCUT2D eigenvalue weighted by Gasteiger charge is 2.38. The lowest BCUT2D eigenvalue weighted by molar-refractivity contribution is -0.145. The maximum absolute atomic E-state index is 13.5. The first kappa shape index (κ1) is 16.8. The number of carboxylic acids is 1. The van der Waals surface area contributed by atoms with E-state index in [0.29, 0.717) is 5.75 Å². The minimum Gasteiger partial charge on any atom is -0.497 e. The molecule has 0 aliphatic rings. The second kappa shape index (κ2) is 5.80. The van der Waals surface area contributed by atoms with Gasteiger partial charge in [-0.05, 0) is 36.8 Å². The smallest absolute Gasteiger partial charge is 0.450 e. The fraction of sp³-hybridized carbons (Fsp3) is 0.176. The molecule has 0 atom stereocenters. The zero-order chi connectivity index (χ0) is 18.4. The number of aromatic nitrogens is 2. The normalized spacial score (nSPS) is 11.7. The molecule has 3 aromatic rings. The largest absolute Gasteiger partial charge is 0.497 e. The Morgan fingerprint density at radius 2 is 1.96 bits per heavy atom. The van der Waals surface area contributed by atoms with E-state index in [1.54, 1.807) is 0 Å². The molecule has 0 aliphatic heterocycles. The number of alkyl halides is 3. The number of nitrogens with zero attached hydrogens (tertiary/aromatic N) is 2. The number of benzene rings is 2. The first-order chi connectivity index (χ1) is 11.7. The Hall–Kier alpha value is -3.03. The van der Waals surface area contributed by atoms with E-state index >= 15 is 0 Å². The Morgan fingerprint density at radius 3 is 2.56 bits per heavy atom. The van der Waals surface area contributed by atoms with E-state index < -0.39 is 18.0 Å². The third-order valence-corrected chi connectivity index (χ3v) is 3.89. The summed E-state index contributed by atoms with van der Waals surface area (Å²) in [5, 5.41) is 9.23. The summed E-state index contributed by atoms with van der Waals surface area (Å²) in [6, 6.07) is 8.57. The van der Waals surface area contributed by atoms with E-state index in [2.05, 4.69) is 4.98 Å². The summed E-state index contributed by atoms with van der Waals surface area (Å²) in [7, 11) is 1.41. The predicted octanol–water partition coefficient (Wildman–Crippen LogP) is 4.06. The number of hydrogen-bond donors (Lipinski definition) is 1. The molecule has 1 heterocycles. The number of methoxy groups -OCH3 is 1. The van der Waals surface area contributed by atoms with Gasteiger partial charge >= 0.3 is 12.1 Å². The Morgan fingerprint density at radius 1 is 1.24 bits per heavy atom. The van der Waals surface area contributed by atoms with Crippen molar-refractivity contribution in [2.24, 2.45) is 0 Å². The van der Waals surface area contributed by atoms with Crippen molar-refractivity contribution in [1.82, 2.24) is 9.55 Å². The van der Waals surface area contributed by atoms with Gasteiger partial charge in [-0.2, -0.15) is 13.2 Å². The quantitative estimate of drug-likeness (QED) is 0.774. The van der Waals surface area contributed by atoms with Crippen LogP contribution in [0.4, 0.5) is 13.2 Å². The van der Waals surface area contributed by atoms with Crippen molar-refractivity contribution >= 4 is 17.0 Å². The zero-order valence-corrected chi connectivity index (χ0v) is 13.3. The molecule has 8 heteroatoms. The topological polar surface area (TPSA) is 64.4 Å². The fourth-order valence-electron chi connectivity index (χ4n) is 2.72. The average molecular weight is 350 g/mol. The average Bonchev–Trinajstić information content (AvgIpc) is 2.93. The number of hydrogen-bond acceptors (Lipinski definition) is 3. The minimum atomic E-state index is -4.71. The lowest BCUT2D eigenvalue weighted by Crippen LogP contribution is -2.15. The van der Waals surface area contributed by atoms with Crippen LogP contribution in [0.3, 0.4) is 0 Å². The predicted molar refractivity (Wildman–Crippen MR) is 84.3 cm³/mol. The Balaban J connectivity index is 2.39. The van der Waals surface area contributed by atoms with Gasteiger partial charge in [0.2, 0.25) is 5.82 Å². The minimum absolute atomic E-state index is 0.0685. The number of carbonyl (C=O) groups is 1. The number of imidazole rings is 1. The standard InChI is InChI=1S/C17H13F3N2O3/c1-9-11(15(23)24)4-3-5-13(9)22-14-7-6-10(25-2)8-12(14)21-16(22)17(18,19)20/h3-8H,1-2H3,(H,23,24). The molecule has 0 radical (unpaired) electrons. The Labute approximate surface area is 140 Å². The first-order valence-electron chi connectivity index (χ1n) is 7.21. The SMILES string of the molecule is COc1ccc2c(c1)nc(C(F)(F)F)n2-c1cccc(C(=O)O)c1C. The van der Waals surface area contributed by atoms with Crippen molar-refractivity contribution in [3.8, 4) is 11.4 Å². The van der Waals surface area contributed by atoms with E-state index in [0.717, 1.165) is 4.57 Å². The molecular formula is C17H13F3N2O3. The van der Waals surface area contributed by atoms with Crippen LogP contribution in [-0.2, 0) is 6.18 Å². The molecule has 130 valence electrons. The molecule has 0 aliphatic carbocycles. The lowest BCUT2D eigenvalue weighted by Gasteiger charge is -2.15. The third kappa shape index (κ3) is 2.79. The fourth-order valence-corrected chi connectivity index (χ4v) is 2.72. The third-order valence-electron chi connectivity index (χ3n) is 3.89. The van der Waals surface area contributed by atoms with E-state index in [1.807, 2.05) is 0 Å². The zero-order valence-electron chi connectivity index (χ0n) is 13.3.